The molecule has 1 fully saturated rings. The van der Waals surface area contributed by atoms with Crippen LogP contribution in [-0.2, 0) is 16.0 Å². The second-order valence-corrected chi connectivity index (χ2v) is 9.11. The molecule has 0 spiro atoms. The van der Waals surface area contributed by atoms with Gasteiger partial charge in [0.25, 0.3) is 0 Å². The molecule has 35 heavy (non-hydrogen) atoms. The number of carbonyl (C=O) groups excluding carboxylic acids is 1. The SMILES string of the molecule is COc1cnc2c(c1)O[C@@]1(c3ccc(C#N)cc3)[C@H](c3ccccc3)[C@H](C(=O)N(C)C)[C@@H](O)[C@@]21O. The van der Waals surface area contributed by atoms with E-state index in [1.54, 1.807) is 44.4 Å². The van der Waals surface area contributed by atoms with Gasteiger partial charge >= 0.3 is 0 Å². The van der Waals surface area contributed by atoms with E-state index in [1.807, 2.05) is 30.3 Å². The molecule has 0 bridgehead atoms. The number of hydrogen-bond donors (Lipinski definition) is 2. The van der Waals surface area contributed by atoms with E-state index in [4.69, 9.17) is 9.47 Å². The zero-order valence-electron chi connectivity index (χ0n) is 19.5. The van der Waals surface area contributed by atoms with E-state index < -0.39 is 29.1 Å². The van der Waals surface area contributed by atoms with Crippen molar-refractivity contribution in [2.75, 3.05) is 21.2 Å². The Morgan fingerprint density at radius 1 is 1.17 bits per heavy atom. The van der Waals surface area contributed by atoms with Crippen LogP contribution in [0.25, 0.3) is 0 Å². The van der Waals surface area contributed by atoms with Crippen LogP contribution in [0.5, 0.6) is 11.5 Å². The number of amides is 1. The topological polar surface area (TPSA) is 116 Å². The van der Waals surface area contributed by atoms with E-state index in [1.165, 1.54) is 18.2 Å². The summed E-state index contributed by atoms with van der Waals surface area (Å²) < 4.78 is 11.9. The summed E-state index contributed by atoms with van der Waals surface area (Å²) in [4.78, 5) is 19.3. The van der Waals surface area contributed by atoms with E-state index in [2.05, 4.69) is 11.1 Å². The molecule has 3 aromatic rings. The summed E-state index contributed by atoms with van der Waals surface area (Å²) in [5.41, 5.74) is -1.89. The number of rotatable bonds is 4. The third-order valence-electron chi connectivity index (χ3n) is 7.15. The molecule has 1 saturated carbocycles. The average molecular weight is 472 g/mol. The highest BCUT2D eigenvalue weighted by atomic mass is 16.5. The summed E-state index contributed by atoms with van der Waals surface area (Å²) in [5, 5.41) is 33.6. The van der Waals surface area contributed by atoms with Crippen molar-refractivity contribution in [3.8, 4) is 17.6 Å². The highest BCUT2D eigenvalue weighted by molar-refractivity contribution is 5.82. The Morgan fingerprint density at radius 2 is 1.86 bits per heavy atom. The minimum Gasteiger partial charge on any atom is -0.495 e. The van der Waals surface area contributed by atoms with Crippen molar-refractivity contribution >= 4 is 5.91 Å². The van der Waals surface area contributed by atoms with Gasteiger partial charge in [-0.2, -0.15) is 5.26 Å². The molecule has 8 heteroatoms. The predicted octanol–water partition coefficient (Wildman–Crippen LogP) is 2.30. The minimum absolute atomic E-state index is 0.130. The van der Waals surface area contributed by atoms with Crippen molar-refractivity contribution in [2.24, 2.45) is 5.92 Å². The van der Waals surface area contributed by atoms with Gasteiger partial charge in [0.05, 0.1) is 30.9 Å². The van der Waals surface area contributed by atoms with E-state index in [0.717, 1.165) is 0 Å². The molecule has 2 aromatic carbocycles. The van der Waals surface area contributed by atoms with Crippen molar-refractivity contribution in [3.05, 3.63) is 89.2 Å². The molecule has 5 atom stereocenters. The predicted molar refractivity (Wildman–Crippen MR) is 126 cm³/mol. The first-order chi connectivity index (χ1) is 16.8. The van der Waals surface area contributed by atoms with Crippen LogP contribution in [0, 0.1) is 17.2 Å². The molecule has 2 aliphatic rings. The number of ether oxygens (including phenoxy) is 2. The van der Waals surface area contributed by atoms with Crippen LogP contribution >= 0.6 is 0 Å². The maximum absolute atomic E-state index is 13.5. The lowest BCUT2D eigenvalue weighted by Crippen LogP contribution is -2.52. The number of benzene rings is 2. The number of aliphatic hydroxyl groups excluding tert-OH is 1. The molecule has 8 nitrogen and oxygen atoms in total. The van der Waals surface area contributed by atoms with Gasteiger partial charge in [0.15, 0.2) is 11.2 Å². The Kier molecular flexibility index (Phi) is 5.28. The van der Waals surface area contributed by atoms with E-state index in [-0.39, 0.29) is 17.4 Å². The first kappa shape index (κ1) is 22.8. The van der Waals surface area contributed by atoms with E-state index in [9.17, 15) is 20.3 Å². The third-order valence-corrected chi connectivity index (χ3v) is 7.15. The van der Waals surface area contributed by atoms with Crippen molar-refractivity contribution < 1.29 is 24.5 Å². The van der Waals surface area contributed by atoms with Gasteiger partial charge in [-0.3, -0.25) is 9.78 Å². The number of fused-ring (bicyclic) bond motifs is 3. The number of nitrogens with zero attached hydrogens (tertiary/aromatic N) is 3. The monoisotopic (exact) mass is 471 g/mol. The Morgan fingerprint density at radius 3 is 2.46 bits per heavy atom. The fourth-order valence-corrected chi connectivity index (χ4v) is 5.61. The van der Waals surface area contributed by atoms with Crippen LogP contribution in [0.3, 0.4) is 0 Å². The van der Waals surface area contributed by atoms with Gasteiger partial charge in [-0.15, -0.1) is 0 Å². The van der Waals surface area contributed by atoms with Crippen molar-refractivity contribution in [1.82, 2.24) is 9.88 Å². The standard InChI is InChI=1S/C27H25N3O5/c1-30(2)25(32)21-22(17-7-5-4-6-8-17)27(18-11-9-16(14-28)10-12-18)26(33,24(21)31)23-20(35-27)13-19(34-3)15-29-23/h4-13,15,21-22,24,31,33H,1-3H3/t21-,22+,24+,26-,27-/m0/s1. The number of hydrogen-bond acceptors (Lipinski definition) is 7. The quantitative estimate of drug-likeness (QED) is 0.600. The summed E-state index contributed by atoms with van der Waals surface area (Å²) in [6.07, 6.45) is -0.0965. The average Bonchev–Trinajstić information content (AvgIpc) is 3.26. The van der Waals surface area contributed by atoms with Crippen LogP contribution in [0.15, 0.2) is 66.9 Å². The lowest BCUT2D eigenvalue weighted by Gasteiger charge is -2.40. The molecular weight excluding hydrogens is 446 g/mol. The van der Waals surface area contributed by atoms with Gasteiger partial charge in [-0.25, -0.2) is 0 Å². The van der Waals surface area contributed by atoms with Gasteiger partial charge in [-0.1, -0.05) is 42.5 Å². The third kappa shape index (κ3) is 2.99. The summed E-state index contributed by atoms with van der Waals surface area (Å²) in [6.45, 7) is 0. The Hall–Kier alpha value is -3.93. The molecule has 0 radical (unpaired) electrons. The summed E-state index contributed by atoms with van der Waals surface area (Å²) >= 11 is 0. The van der Waals surface area contributed by atoms with E-state index >= 15 is 0 Å². The maximum Gasteiger partial charge on any atom is 0.228 e. The molecule has 1 amide bonds. The fraction of sp³-hybridized carbons (Fsp3) is 0.296. The Labute approximate surface area is 203 Å². The highest BCUT2D eigenvalue weighted by Gasteiger charge is 2.78. The molecule has 0 saturated heterocycles. The zero-order valence-corrected chi connectivity index (χ0v) is 19.5. The first-order valence-electron chi connectivity index (χ1n) is 11.2. The second kappa shape index (κ2) is 8.08. The number of aromatic nitrogens is 1. The first-order valence-corrected chi connectivity index (χ1v) is 11.2. The van der Waals surface area contributed by atoms with Gasteiger partial charge in [0.2, 0.25) is 5.91 Å². The largest absolute Gasteiger partial charge is 0.495 e. The number of methoxy groups -OCH3 is 1. The van der Waals surface area contributed by atoms with Crippen LogP contribution in [0.1, 0.15) is 28.3 Å². The zero-order chi connectivity index (χ0) is 25.0. The minimum atomic E-state index is -2.07. The van der Waals surface area contributed by atoms with Gasteiger partial charge in [0, 0.05) is 26.1 Å². The van der Waals surface area contributed by atoms with Crippen LogP contribution in [-0.4, -0.2) is 53.3 Å². The van der Waals surface area contributed by atoms with Gasteiger partial charge < -0.3 is 24.6 Å². The number of nitriles is 1. The smallest absolute Gasteiger partial charge is 0.228 e. The molecule has 2 heterocycles. The lowest BCUT2D eigenvalue weighted by atomic mass is 9.71. The normalized spacial score (nSPS) is 28.4. The highest BCUT2D eigenvalue weighted by Crippen LogP contribution is 2.68. The summed E-state index contributed by atoms with van der Waals surface area (Å²) in [5.74, 6) is -1.49. The van der Waals surface area contributed by atoms with Crippen molar-refractivity contribution in [2.45, 2.75) is 23.2 Å². The molecule has 1 aliphatic carbocycles. The van der Waals surface area contributed by atoms with Crippen LogP contribution in [0.2, 0.25) is 0 Å². The number of carbonyl (C=O) groups is 1. The van der Waals surface area contributed by atoms with Crippen molar-refractivity contribution in [1.29, 1.82) is 5.26 Å². The molecule has 0 unspecified atom stereocenters. The van der Waals surface area contributed by atoms with E-state index in [0.29, 0.717) is 22.4 Å². The molecule has 1 aromatic heterocycles. The summed E-state index contributed by atoms with van der Waals surface area (Å²) in [6, 6.07) is 19.6. The van der Waals surface area contributed by atoms with Gasteiger partial charge in [-0.05, 0) is 23.3 Å². The van der Waals surface area contributed by atoms with Crippen molar-refractivity contribution in [3.63, 3.8) is 0 Å². The molecule has 2 N–H and O–H groups in total. The molecule has 1 aliphatic heterocycles. The van der Waals surface area contributed by atoms with Crippen LogP contribution in [0.4, 0.5) is 0 Å². The number of aliphatic hydroxyl groups is 2. The molecule has 178 valence electrons. The summed E-state index contributed by atoms with van der Waals surface area (Å²) in [7, 11) is 4.72. The Balaban J connectivity index is 1.85. The molecular formula is C27H25N3O5. The van der Waals surface area contributed by atoms with Crippen LogP contribution < -0.4 is 9.47 Å². The fourth-order valence-electron chi connectivity index (χ4n) is 5.61. The second-order valence-electron chi connectivity index (χ2n) is 9.11. The number of pyridine rings is 1. The van der Waals surface area contributed by atoms with Gasteiger partial charge in [0.1, 0.15) is 23.3 Å². The maximum atomic E-state index is 13.5. The lowest BCUT2D eigenvalue weighted by molar-refractivity contribution is -0.157. The molecule has 5 rings (SSSR count). The Bertz CT molecular complexity index is 1320.